The van der Waals surface area contributed by atoms with E-state index in [1.807, 2.05) is 26.0 Å². The summed E-state index contributed by atoms with van der Waals surface area (Å²) in [6, 6.07) is 10.7. The fourth-order valence-electron chi connectivity index (χ4n) is 6.01. The highest BCUT2D eigenvalue weighted by Crippen LogP contribution is 2.65. The second kappa shape index (κ2) is 5.94. The first-order chi connectivity index (χ1) is 14.5. The fourth-order valence-corrected chi connectivity index (χ4v) is 6.01. The third-order valence-electron chi connectivity index (χ3n) is 7.51. The minimum Gasteiger partial charge on any atom is -0.274 e. The molecule has 3 amide bonds. The van der Waals surface area contributed by atoms with Gasteiger partial charge in [0.1, 0.15) is 0 Å². The predicted octanol–water partition coefficient (Wildman–Crippen LogP) is 3.05. The summed E-state index contributed by atoms with van der Waals surface area (Å²) in [6.45, 7) is 3.83. The van der Waals surface area contributed by atoms with Gasteiger partial charge < -0.3 is 0 Å². The van der Waals surface area contributed by atoms with Gasteiger partial charge in [-0.15, -0.1) is 0 Å². The van der Waals surface area contributed by atoms with E-state index in [1.54, 1.807) is 28.9 Å². The number of nitrogens with zero attached hydrogens (tertiary/aromatic N) is 2. The Morgan fingerprint density at radius 1 is 0.933 bits per heavy atom. The largest absolute Gasteiger partial charge is 0.274 e. The lowest BCUT2D eigenvalue weighted by Crippen LogP contribution is -2.40. The van der Waals surface area contributed by atoms with Crippen molar-refractivity contribution in [1.82, 2.24) is 4.68 Å². The third kappa shape index (κ3) is 2.27. The normalized spacial score (nSPS) is 32.9. The van der Waals surface area contributed by atoms with Gasteiger partial charge in [0.15, 0.2) is 0 Å². The minimum absolute atomic E-state index is 0.107. The van der Waals surface area contributed by atoms with Gasteiger partial charge in [-0.3, -0.25) is 24.5 Å². The monoisotopic (exact) mass is 401 g/mol. The predicted molar refractivity (Wildman–Crippen MR) is 111 cm³/mol. The van der Waals surface area contributed by atoms with E-state index in [0.717, 1.165) is 17.8 Å². The maximum atomic E-state index is 13.3. The Bertz CT molecular complexity index is 1090. The molecule has 152 valence electrons. The summed E-state index contributed by atoms with van der Waals surface area (Å²) in [4.78, 5) is 40.8. The van der Waals surface area contributed by atoms with E-state index in [2.05, 4.69) is 17.6 Å². The molecule has 0 unspecified atom stereocenters. The molecule has 1 aromatic carbocycles. The molecule has 6 atom stereocenters. The standard InChI is InChI=1S/C24H23N3O3/c1-12-6-7-13(2)27(12)25-22(28)14-4-3-5-15(10-14)26-23(29)20-16-8-9-17(19-11-18(16)19)21(20)24(26)30/h3-10,16-21H,11H2,1-2H3,(H,25,28)/t16-,17-,18-,19-,20+,21+/m0/s1. The fraction of sp³-hybridized carbons (Fsp3) is 0.375. The van der Waals surface area contributed by atoms with Crippen LogP contribution in [-0.4, -0.2) is 22.4 Å². The lowest BCUT2D eigenvalue weighted by atomic mass is 9.63. The first-order valence-corrected chi connectivity index (χ1v) is 10.6. The molecule has 1 aliphatic heterocycles. The molecular weight excluding hydrogens is 378 g/mol. The van der Waals surface area contributed by atoms with Crippen LogP contribution < -0.4 is 10.3 Å². The topological polar surface area (TPSA) is 71.4 Å². The number of nitrogens with one attached hydrogen (secondary N) is 1. The number of hydrogen-bond donors (Lipinski definition) is 1. The van der Waals surface area contributed by atoms with Crippen LogP contribution in [-0.2, 0) is 9.59 Å². The molecule has 6 heteroatoms. The van der Waals surface area contributed by atoms with Crippen molar-refractivity contribution in [3.8, 4) is 0 Å². The van der Waals surface area contributed by atoms with Gasteiger partial charge in [0.2, 0.25) is 11.8 Å². The molecule has 1 aromatic heterocycles. The van der Waals surface area contributed by atoms with E-state index in [4.69, 9.17) is 0 Å². The van der Waals surface area contributed by atoms with E-state index < -0.39 is 0 Å². The van der Waals surface area contributed by atoms with Crippen molar-refractivity contribution in [2.45, 2.75) is 20.3 Å². The Morgan fingerprint density at radius 3 is 2.13 bits per heavy atom. The van der Waals surface area contributed by atoms with Crippen molar-refractivity contribution in [3.63, 3.8) is 0 Å². The zero-order valence-corrected chi connectivity index (χ0v) is 16.9. The van der Waals surface area contributed by atoms with Gasteiger partial charge in [0, 0.05) is 17.0 Å². The number of benzene rings is 1. The maximum absolute atomic E-state index is 13.3. The first-order valence-electron chi connectivity index (χ1n) is 10.6. The number of rotatable bonds is 3. The summed E-state index contributed by atoms with van der Waals surface area (Å²) >= 11 is 0. The van der Waals surface area contributed by atoms with Crippen molar-refractivity contribution in [2.75, 3.05) is 10.3 Å². The van der Waals surface area contributed by atoms with Crippen LogP contribution in [0.1, 0.15) is 28.2 Å². The lowest BCUT2D eigenvalue weighted by molar-refractivity contribution is -0.124. The second-order valence-corrected chi connectivity index (χ2v) is 9.11. The van der Waals surface area contributed by atoms with Crippen LogP contribution in [0.25, 0.3) is 0 Å². The second-order valence-electron chi connectivity index (χ2n) is 9.11. The van der Waals surface area contributed by atoms with Crippen molar-refractivity contribution in [1.29, 1.82) is 0 Å². The van der Waals surface area contributed by atoms with Crippen LogP contribution in [0.15, 0.2) is 48.6 Å². The number of hydrogen-bond acceptors (Lipinski definition) is 3. The number of carbonyl (C=O) groups excluding carboxylic acids is 3. The lowest BCUT2D eigenvalue weighted by Gasteiger charge is -2.37. The van der Waals surface area contributed by atoms with Crippen molar-refractivity contribution < 1.29 is 14.4 Å². The Labute approximate surface area is 174 Å². The molecule has 3 fully saturated rings. The minimum atomic E-state index is -0.279. The van der Waals surface area contributed by atoms with Crippen molar-refractivity contribution in [3.05, 3.63) is 65.5 Å². The summed E-state index contributed by atoms with van der Waals surface area (Å²) in [7, 11) is 0. The number of aromatic nitrogens is 1. The molecule has 1 N–H and O–H groups in total. The number of amides is 3. The molecule has 30 heavy (non-hydrogen) atoms. The summed E-state index contributed by atoms with van der Waals surface area (Å²) in [5.74, 6) is 0.562. The average molecular weight is 401 g/mol. The third-order valence-corrected chi connectivity index (χ3v) is 7.51. The molecular formula is C24H23N3O3. The molecule has 2 heterocycles. The Kier molecular flexibility index (Phi) is 3.50. The Morgan fingerprint density at radius 2 is 1.53 bits per heavy atom. The quantitative estimate of drug-likeness (QED) is 0.635. The highest BCUT2D eigenvalue weighted by atomic mass is 16.2. The van der Waals surface area contributed by atoms with Gasteiger partial charge in [0.25, 0.3) is 5.91 Å². The molecule has 7 rings (SSSR count). The van der Waals surface area contributed by atoms with Crippen LogP contribution >= 0.6 is 0 Å². The molecule has 2 aromatic rings. The number of carbonyl (C=O) groups is 3. The van der Waals surface area contributed by atoms with E-state index in [1.165, 1.54) is 4.90 Å². The first kappa shape index (κ1) is 17.7. The Balaban J connectivity index is 1.30. The smallest absolute Gasteiger partial charge is 0.270 e. The molecule has 2 saturated carbocycles. The molecule has 5 aliphatic rings. The van der Waals surface area contributed by atoms with Crippen LogP contribution in [0.4, 0.5) is 5.69 Å². The van der Waals surface area contributed by atoms with Gasteiger partial charge in [-0.2, -0.15) is 0 Å². The number of aryl methyl sites for hydroxylation is 2. The highest BCUT2D eigenvalue weighted by Gasteiger charge is 2.67. The van der Waals surface area contributed by atoms with Gasteiger partial charge in [-0.05, 0) is 74.3 Å². The Hall–Kier alpha value is -3.15. The summed E-state index contributed by atoms with van der Waals surface area (Å²) in [6.07, 6.45) is 5.48. The summed E-state index contributed by atoms with van der Waals surface area (Å²) < 4.78 is 1.73. The van der Waals surface area contributed by atoms with Gasteiger partial charge in [-0.1, -0.05) is 18.2 Å². The molecule has 1 saturated heterocycles. The zero-order valence-electron chi connectivity index (χ0n) is 16.9. The number of allylic oxidation sites excluding steroid dienone is 2. The molecule has 6 nitrogen and oxygen atoms in total. The van der Waals surface area contributed by atoms with Gasteiger partial charge >= 0.3 is 0 Å². The van der Waals surface area contributed by atoms with Gasteiger partial charge in [0.05, 0.1) is 17.5 Å². The zero-order chi connectivity index (χ0) is 20.7. The van der Waals surface area contributed by atoms with Crippen molar-refractivity contribution in [2.24, 2.45) is 35.5 Å². The molecule has 2 bridgehead atoms. The summed E-state index contributed by atoms with van der Waals surface area (Å²) in [5, 5.41) is 0. The average Bonchev–Trinajstić information content (AvgIpc) is 3.46. The molecule has 0 radical (unpaired) electrons. The van der Waals surface area contributed by atoms with Crippen LogP contribution in [0.2, 0.25) is 0 Å². The van der Waals surface area contributed by atoms with Crippen molar-refractivity contribution >= 4 is 23.4 Å². The number of anilines is 1. The van der Waals surface area contributed by atoms with E-state index in [0.29, 0.717) is 23.1 Å². The maximum Gasteiger partial charge on any atom is 0.270 e. The van der Waals surface area contributed by atoms with E-state index in [9.17, 15) is 14.4 Å². The molecule has 0 spiro atoms. The van der Waals surface area contributed by atoms with Crippen LogP contribution in [0.3, 0.4) is 0 Å². The highest BCUT2D eigenvalue weighted by molar-refractivity contribution is 6.23. The van der Waals surface area contributed by atoms with E-state index in [-0.39, 0.29) is 41.4 Å². The molecule has 4 aliphatic carbocycles. The van der Waals surface area contributed by atoms with Crippen LogP contribution in [0.5, 0.6) is 0 Å². The SMILES string of the molecule is Cc1ccc(C)n1NC(=O)c1cccc(N2C(=O)[C@@H]3[C@H]4C=C[C@@H]([C@@H]5C[C@@H]45)[C@H]3C2=O)c1. The van der Waals surface area contributed by atoms with Gasteiger partial charge in [-0.25, -0.2) is 4.90 Å². The van der Waals surface area contributed by atoms with Crippen LogP contribution in [0, 0.1) is 49.4 Å². The van der Waals surface area contributed by atoms with E-state index >= 15 is 0 Å². The summed E-state index contributed by atoms with van der Waals surface area (Å²) in [5.41, 5.74) is 5.63. The number of imide groups is 1.